The van der Waals surface area contributed by atoms with Gasteiger partial charge in [0.15, 0.2) is 0 Å². The van der Waals surface area contributed by atoms with Gasteiger partial charge in [0.05, 0.1) is 18.2 Å². The molecule has 0 aliphatic carbocycles. The molecule has 2 aliphatic rings. The van der Waals surface area contributed by atoms with Crippen molar-refractivity contribution in [3.05, 3.63) is 64.6 Å². The average molecular weight is 466 g/mol. The summed E-state index contributed by atoms with van der Waals surface area (Å²) in [6, 6.07) is 16.0. The van der Waals surface area contributed by atoms with Gasteiger partial charge in [-0.1, -0.05) is 49.7 Å². The quantitative estimate of drug-likeness (QED) is 0.404. The predicted molar refractivity (Wildman–Crippen MR) is 134 cm³/mol. The zero-order chi connectivity index (χ0) is 23.2. The Kier molecular flexibility index (Phi) is 7.73. The smallest absolute Gasteiger partial charge is 0.294 e. The van der Waals surface area contributed by atoms with E-state index in [4.69, 9.17) is 4.74 Å². The molecule has 33 heavy (non-hydrogen) atoms. The van der Waals surface area contributed by atoms with Crippen molar-refractivity contribution in [1.29, 1.82) is 0 Å². The lowest BCUT2D eigenvalue weighted by Gasteiger charge is -2.37. The zero-order valence-electron chi connectivity index (χ0n) is 19.3. The second kappa shape index (κ2) is 10.9. The van der Waals surface area contributed by atoms with Gasteiger partial charge in [-0.25, -0.2) is 0 Å². The number of carbonyl (C=O) groups excluding carboxylic acids is 2. The van der Waals surface area contributed by atoms with E-state index in [1.165, 1.54) is 16.2 Å². The number of thioether (sulfide) groups is 1. The molecule has 174 valence electrons. The number of para-hydroxylation sites is 2. The molecule has 0 aromatic heterocycles. The van der Waals surface area contributed by atoms with Gasteiger partial charge in [-0.05, 0) is 48.9 Å². The molecule has 0 bridgehead atoms. The van der Waals surface area contributed by atoms with Gasteiger partial charge in [0.25, 0.3) is 11.1 Å². The summed E-state index contributed by atoms with van der Waals surface area (Å²) in [5.41, 5.74) is 3.35. The molecule has 4 rings (SSSR count). The van der Waals surface area contributed by atoms with Crippen LogP contribution in [0.4, 0.5) is 10.5 Å². The van der Waals surface area contributed by atoms with Gasteiger partial charge >= 0.3 is 0 Å². The van der Waals surface area contributed by atoms with Crippen LogP contribution < -0.4 is 9.64 Å². The van der Waals surface area contributed by atoms with Crippen LogP contribution in [0, 0.1) is 6.92 Å². The number of imide groups is 1. The lowest BCUT2D eigenvalue weighted by molar-refractivity contribution is -0.124. The number of anilines is 1. The number of hydrogen-bond donors (Lipinski definition) is 0. The molecule has 0 unspecified atom stereocenters. The largest absolute Gasteiger partial charge is 0.493 e. The summed E-state index contributed by atoms with van der Waals surface area (Å²) >= 11 is 1.01. The lowest BCUT2D eigenvalue weighted by atomic mass is 10.1. The number of rotatable bonds is 8. The van der Waals surface area contributed by atoms with Crippen molar-refractivity contribution in [3.63, 3.8) is 0 Å². The number of hydrogen-bond acceptors (Lipinski definition) is 6. The highest BCUT2D eigenvalue weighted by atomic mass is 32.2. The maximum atomic E-state index is 13.0. The first-order chi connectivity index (χ1) is 16.1. The summed E-state index contributed by atoms with van der Waals surface area (Å²) in [7, 11) is 0. The molecule has 0 N–H and O–H groups in total. The molecule has 2 aliphatic heterocycles. The number of benzene rings is 2. The monoisotopic (exact) mass is 465 g/mol. The molecule has 2 aromatic rings. The SMILES string of the molecule is CCCCOc1ccccc1C=C1SC(=O)N(CN2CCN(c3ccccc3C)CC2)C1=O. The van der Waals surface area contributed by atoms with Crippen LogP contribution in [0.3, 0.4) is 0 Å². The van der Waals surface area contributed by atoms with Crippen LogP contribution in [-0.4, -0.2) is 60.4 Å². The van der Waals surface area contributed by atoms with Crippen LogP contribution in [0.25, 0.3) is 6.08 Å². The molecule has 2 aromatic carbocycles. The molecule has 2 amide bonds. The Morgan fingerprint density at radius 1 is 1.00 bits per heavy atom. The minimum atomic E-state index is -0.227. The minimum absolute atomic E-state index is 0.211. The maximum Gasteiger partial charge on any atom is 0.294 e. The second-order valence-corrected chi connectivity index (χ2v) is 9.38. The number of unbranched alkanes of at least 4 members (excludes halogenated alkanes) is 1. The summed E-state index contributed by atoms with van der Waals surface area (Å²) < 4.78 is 5.88. The molecule has 0 saturated carbocycles. The highest BCUT2D eigenvalue weighted by molar-refractivity contribution is 8.18. The lowest BCUT2D eigenvalue weighted by Crippen LogP contribution is -2.51. The van der Waals surface area contributed by atoms with Crippen LogP contribution in [0.1, 0.15) is 30.9 Å². The fourth-order valence-electron chi connectivity index (χ4n) is 4.07. The molecule has 7 heteroatoms. The Morgan fingerprint density at radius 2 is 1.73 bits per heavy atom. The number of nitrogens with zero attached hydrogens (tertiary/aromatic N) is 3. The summed E-state index contributed by atoms with van der Waals surface area (Å²) in [5.74, 6) is 0.514. The Balaban J connectivity index is 1.38. The summed E-state index contributed by atoms with van der Waals surface area (Å²) in [4.78, 5) is 32.0. The summed E-state index contributed by atoms with van der Waals surface area (Å²) in [6.45, 7) is 8.58. The van der Waals surface area contributed by atoms with Crippen molar-refractivity contribution in [2.45, 2.75) is 26.7 Å². The van der Waals surface area contributed by atoms with Crippen molar-refractivity contribution >= 4 is 34.7 Å². The van der Waals surface area contributed by atoms with Crippen LogP contribution >= 0.6 is 11.8 Å². The van der Waals surface area contributed by atoms with E-state index in [1.54, 1.807) is 6.08 Å². The molecule has 0 atom stereocenters. The van der Waals surface area contributed by atoms with Crippen LogP contribution in [-0.2, 0) is 4.79 Å². The van der Waals surface area contributed by atoms with Crippen molar-refractivity contribution in [3.8, 4) is 5.75 Å². The first-order valence-electron chi connectivity index (χ1n) is 11.6. The van der Waals surface area contributed by atoms with E-state index in [-0.39, 0.29) is 11.1 Å². The third-order valence-electron chi connectivity index (χ3n) is 6.00. The first-order valence-corrected chi connectivity index (χ1v) is 12.4. The number of piperazine rings is 1. The molecular formula is C26H31N3O3S. The Labute approximate surface area is 200 Å². The third-order valence-corrected chi connectivity index (χ3v) is 6.91. The number of carbonyl (C=O) groups is 2. The van der Waals surface area contributed by atoms with E-state index in [0.717, 1.165) is 62.1 Å². The molecule has 2 fully saturated rings. The maximum absolute atomic E-state index is 13.0. The van der Waals surface area contributed by atoms with E-state index in [9.17, 15) is 9.59 Å². The molecule has 2 heterocycles. The van der Waals surface area contributed by atoms with Crippen molar-refractivity contribution in [2.24, 2.45) is 0 Å². The van der Waals surface area contributed by atoms with Gasteiger partial charge in [-0.2, -0.15) is 0 Å². The van der Waals surface area contributed by atoms with Crippen molar-refractivity contribution in [2.75, 3.05) is 44.4 Å². The number of ether oxygens (including phenoxy) is 1. The molecule has 0 radical (unpaired) electrons. The average Bonchev–Trinajstić information content (AvgIpc) is 3.08. The molecule has 2 saturated heterocycles. The number of amides is 2. The van der Waals surface area contributed by atoms with Crippen LogP contribution in [0.2, 0.25) is 0 Å². The van der Waals surface area contributed by atoms with E-state index in [1.807, 2.05) is 24.3 Å². The van der Waals surface area contributed by atoms with E-state index in [2.05, 4.69) is 47.9 Å². The van der Waals surface area contributed by atoms with Crippen LogP contribution in [0.5, 0.6) is 5.75 Å². The summed E-state index contributed by atoms with van der Waals surface area (Å²) in [6.07, 6.45) is 3.81. The van der Waals surface area contributed by atoms with Crippen LogP contribution in [0.15, 0.2) is 53.4 Å². The Hall–Kier alpha value is -2.77. The van der Waals surface area contributed by atoms with E-state index < -0.39 is 0 Å². The third kappa shape index (κ3) is 5.60. The van der Waals surface area contributed by atoms with Crippen molar-refractivity contribution in [1.82, 2.24) is 9.80 Å². The normalized spacial score (nSPS) is 18.4. The van der Waals surface area contributed by atoms with Gasteiger partial charge in [0.1, 0.15) is 5.75 Å². The van der Waals surface area contributed by atoms with Gasteiger partial charge in [-0.15, -0.1) is 0 Å². The predicted octanol–water partition coefficient (Wildman–Crippen LogP) is 4.99. The van der Waals surface area contributed by atoms with Gasteiger partial charge < -0.3 is 9.64 Å². The highest BCUT2D eigenvalue weighted by Crippen LogP contribution is 2.34. The standard InChI is InChI=1S/C26H31N3O3S/c1-3-4-17-32-23-12-8-6-10-21(23)18-24-25(30)29(26(31)33-24)19-27-13-15-28(16-14-27)22-11-7-5-9-20(22)2/h5-12,18H,3-4,13-17,19H2,1-2H3. The highest BCUT2D eigenvalue weighted by Gasteiger charge is 2.36. The number of aryl methyl sites for hydroxylation is 1. The van der Waals surface area contributed by atoms with Gasteiger partial charge in [-0.3, -0.25) is 19.4 Å². The topological polar surface area (TPSA) is 53.1 Å². The Morgan fingerprint density at radius 3 is 2.48 bits per heavy atom. The van der Waals surface area contributed by atoms with Crippen molar-refractivity contribution < 1.29 is 14.3 Å². The molecule has 0 spiro atoms. The zero-order valence-corrected chi connectivity index (χ0v) is 20.1. The summed E-state index contributed by atoms with van der Waals surface area (Å²) in [5, 5.41) is -0.211. The second-order valence-electron chi connectivity index (χ2n) is 8.38. The van der Waals surface area contributed by atoms with Gasteiger partial charge in [0.2, 0.25) is 0 Å². The Bertz CT molecular complexity index is 1030. The minimum Gasteiger partial charge on any atom is -0.493 e. The fourth-order valence-corrected chi connectivity index (χ4v) is 4.89. The fraction of sp³-hybridized carbons (Fsp3) is 0.385. The van der Waals surface area contributed by atoms with Gasteiger partial charge in [0, 0.05) is 37.4 Å². The van der Waals surface area contributed by atoms with E-state index >= 15 is 0 Å². The molecule has 6 nitrogen and oxygen atoms in total. The first kappa shape index (κ1) is 23.4. The molecular weight excluding hydrogens is 434 g/mol. The van der Waals surface area contributed by atoms with E-state index in [0.29, 0.717) is 18.2 Å².